The highest BCUT2D eigenvalue weighted by molar-refractivity contribution is 8.00. The summed E-state index contributed by atoms with van der Waals surface area (Å²) in [4.78, 5) is 29.6. The van der Waals surface area contributed by atoms with Gasteiger partial charge in [0.15, 0.2) is 5.76 Å². The second-order valence-corrected chi connectivity index (χ2v) is 8.07. The van der Waals surface area contributed by atoms with Crippen molar-refractivity contribution in [3.63, 3.8) is 0 Å². The first-order valence-corrected chi connectivity index (χ1v) is 10.2. The number of hydrogen-bond acceptors (Lipinski definition) is 6. The Morgan fingerprint density at radius 2 is 2.12 bits per heavy atom. The van der Waals surface area contributed by atoms with Gasteiger partial charge in [0.05, 0.1) is 24.9 Å². The van der Waals surface area contributed by atoms with E-state index in [1.54, 1.807) is 28.8 Å². The number of hydrogen-bond donors (Lipinski definition) is 1. The topological polar surface area (TPSA) is 75.0 Å². The Morgan fingerprint density at radius 3 is 2.77 bits per heavy atom. The molecule has 2 atom stereocenters. The van der Waals surface area contributed by atoms with Crippen LogP contribution in [0.3, 0.4) is 0 Å². The molecule has 0 aromatic carbocycles. The van der Waals surface area contributed by atoms with Crippen LogP contribution in [0.4, 0.5) is 0 Å². The molecule has 26 heavy (non-hydrogen) atoms. The van der Waals surface area contributed by atoms with Crippen molar-refractivity contribution in [3.05, 3.63) is 24.2 Å². The van der Waals surface area contributed by atoms with Crippen LogP contribution in [0.2, 0.25) is 0 Å². The van der Waals surface area contributed by atoms with E-state index in [0.717, 1.165) is 32.8 Å². The molecule has 0 spiro atoms. The molecule has 2 aliphatic heterocycles. The van der Waals surface area contributed by atoms with Gasteiger partial charge in [-0.15, -0.1) is 11.8 Å². The number of nitrogens with one attached hydrogen (secondary N) is 1. The van der Waals surface area contributed by atoms with Crippen LogP contribution in [0.25, 0.3) is 0 Å². The van der Waals surface area contributed by atoms with Crippen molar-refractivity contribution in [1.29, 1.82) is 0 Å². The van der Waals surface area contributed by atoms with Gasteiger partial charge in [-0.05, 0) is 18.1 Å². The highest BCUT2D eigenvalue weighted by Crippen LogP contribution is 2.35. The third kappa shape index (κ3) is 4.42. The van der Waals surface area contributed by atoms with E-state index in [4.69, 9.17) is 9.15 Å². The van der Waals surface area contributed by atoms with Gasteiger partial charge in [-0.1, -0.05) is 13.8 Å². The zero-order valence-corrected chi connectivity index (χ0v) is 16.2. The van der Waals surface area contributed by atoms with Crippen molar-refractivity contribution in [2.75, 3.05) is 45.1 Å². The van der Waals surface area contributed by atoms with Crippen molar-refractivity contribution in [3.8, 4) is 0 Å². The first-order valence-electron chi connectivity index (χ1n) is 9.13. The largest absolute Gasteiger partial charge is 0.459 e. The fourth-order valence-electron chi connectivity index (χ4n) is 3.31. The molecule has 2 fully saturated rings. The van der Waals surface area contributed by atoms with E-state index in [1.807, 2.05) is 0 Å². The Balaban J connectivity index is 1.60. The molecular formula is C18H27N3O4S. The second kappa shape index (κ2) is 8.92. The van der Waals surface area contributed by atoms with Gasteiger partial charge in [-0.2, -0.15) is 0 Å². The monoisotopic (exact) mass is 381 g/mol. The number of ether oxygens (including phenoxy) is 1. The van der Waals surface area contributed by atoms with E-state index in [-0.39, 0.29) is 28.9 Å². The average Bonchev–Trinajstić information content (AvgIpc) is 3.32. The number of nitrogens with zero attached hydrogens (tertiary/aromatic N) is 2. The molecule has 0 radical (unpaired) electrons. The summed E-state index contributed by atoms with van der Waals surface area (Å²) in [5.41, 5.74) is 0. The normalized spacial score (nSPS) is 24.2. The van der Waals surface area contributed by atoms with Crippen LogP contribution >= 0.6 is 11.8 Å². The van der Waals surface area contributed by atoms with Crippen molar-refractivity contribution in [1.82, 2.24) is 15.1 Å². The molecule has 144 valence electrons. The molecule has 2 unspecified atom stereocenters. The van der Waals surface area contributed by atoms with Crippen LogP contribution in [0.1, 0.15) is 24.4 Å². The molecule has 7 nitrogen and oxygen atoms in total. The number of furan rings is 1. The van der Waals surface area contributed by atoms with E-state index in [2.05, 4.69) is 24.1 Å². The predicted octanol–water partition coefficient (Wildman–Crippen LogP) is 1.27. The van der Waals surface area contributed by atoms with Crippen molar-refractivity contribution < 1.29 is 18.7 Å². The Labute approximate surface area is 158 Å². The molecule has 2 aliphatic rings. The van der Waals surface area contributed by atoms with Gasteiger partial charge in [0, 0.05) is 31.9 Å². The van der Waals surface area contributed by atoms with Gasteiger partial charge in [0.2, 0.25) is 5.91 Å². The van der Waals surface area contributed by atoms with E-state index >= 15 is 0 Å². The maximum atomic E-state index is 12.9. The van der Waals surface area contributed by atoms with Crippen LogP contribution in [-0.4, -0.2) is 78.2 Å². The molecular weight excluding hydrogens is 354 g/mol. The van der Waals surface area contributed by atoms with Crippen molar-refractivity contribution in [2.45, 2.75) is 25.3 Å². The minimum atomic E-state index is -0.463. The average molecular weight is 381 g/mol. The fraction of sp³-hybridized carbons (Fsp3) is 0.667. The maximum absolute atomic E-state index is 12.9. The first-order chi connectivity index (χ1) is 12.6. The summed E-state index contributed by atoms with van der Waals surface area (Å²) in [6, 6.07) is 2.88. The summed E-state index contributed by atoms with van der Waals surface area (Å²) < 4.78 is 10.6. The van der Waals surface area contributed by atoms with E-state index in [9.17, 15) is 9.59 Å². The van der Waals surface area contributed by atoms with Crippen LogP contribution in [0, 0.1) is 5.92 Å². The lowest BCUT2D eigenvalue weighted by Crippen LogP contribution is -2.52. The summed E-state index contributed by atoms with van der Waals surface area (Å²) in [5.74, 6) is 0.841. The molecule has 3 heterocycles. The molecule has 8 heteroatoms. The highest BCUT2D eigenvalue weighted by atomic mass is 32.2. The smallest absolute Gasteiger partial charge is 0.291 e. The van der Waals surface area contributed by atoms with Gasteiger partial charge in [0.25, 0.3) is 5.91 Å². The molecule has 3 rings (SSSR count). The fourth-order valence-corrected chi connectivity index (χ4v) is 4.79. The lowest BCUT2D eigenvalue weighted by Gasteiger charge is -2.30. The van der Waals surface area contributed by atoms with E-state index in [0.29, 0.717) is 12.3 Å². The Kier molecular flexibility index (Phi) is 6.61. The highest BCUT2D eigenvalue weighted by Gasteiger charge is 2.43. The SMILES string of the molecule is CC(C)C1SCC(C(=O)NCCN2CCOCC2)N1C(=O)c1ccco1. The molecule has 1 aromatic heterocycles. The predicted molar refractivity (Wildman–Crippen MR) is 100 cm³/mol. The summed E-state index contributed by atoms with van der Waals surface area (Å²) >= 11 is 1.66. The standard InChI is InChI=1S/C18H27N3O4S/c1-13(2)18-21(17(23)15-4-3-9-25-15)14(12-26-18)16(22)19-5-6-20-7-10-24-11-8-20/h3-4,9,13-14,18H,5-8,10-12H2,1-2H3,(H,19,22). The van der Waals surface area contributed by atoms with Gasteiger partial charge in [-0.25, -0.2) is 0 Å². The second-order valence-electron chi connectivity index (χ2n) is 6.92. The lowest BCUT2D eigenvalue weighted by molar-refractivity contribution is -0.125. The number of amides is 2. The van der Waals surface area contributed by atoms with Gasteiger partial charge in [0.1, 0.15) is 6.04 Å². The molecule has 0 bridgehead atoms. The van der Waals surface area contributed by atoms with Crippen molar-refractivity contribution >= 4 is 23.6 Å². The Hall–Kier alpha value is -1.51. The molecule has 2 saturated heterocycles. The molecule has 1 aromatic rings. The van der Waals surface area contributed by atoms with E-state index < -0.39 is 6.04 Å². The van der Waals surface area contributed by atoms with Gasteiger partial charge in [-0.3, -0.25) is 14.5 Å². The minimum Gasteiger partial charge on any atom is -0.459 e. The summed E-state index contributed by atoms with van der Waals surface area (Å²) in [5, 5.41) is 2.98. The number of carbonyl (C=O) groups excluding carboxylic acids is 2. The minimum absolute atomic E-state index is 0.0254. The molecule has 1 N–H and O–H groups in total. The van der Waals surface area contributed by atoms with Crippen LogP contribution in [0.5, 0.6) is 0 Å². The number of carbonyl (C=O) groups is 2. The maximum Gasteiger partial charge on any atom is 0.291 e. The first kappa shape index (κ1) is 19.3. The van der Waals surface area contributed by atoms with Crippen LogP contribution in [-0.2, 0) is 9.53 Å². The third-order valence-electron chi connectivity index (χ3n) is 4.71. The zero-order chi connectivity index (χ0) is 18.5. The number of morpholine rings is 1. The quantitative estimate of drug-likeness (QED) is 0.800. The molecule has 2 amide bonds. The summed E-state index contributed by atoms with van der Waals surface area (Å²) in [7, 11) is 0. The number of thioether (sulfide) groups is 1. The molecule has 0 saturated carbocycles. The van der Waals surface area contributed by atoms with Gasteiger partial charge < -0.3 is 19.4 Å². The van der Waals surface area contributed by atoms with Crippen molar-refractivity contribution in [2.24, 2.45) is 5.92 Å². The molecule has 0 aliphatic carbocycles. The third-order valence-corrected chi connectivity index (χ3v) is 6.33. The lowest BCUT2D eigenvalue weighted by atomic mass is 10.1. The summed E-state index contributed by atoms with van der Waals surface area (Å²) in [6.07, 6.45) is 1.48. The number of rotatable bonds is 6. The summed E-state index contributed by atoms with van der Waals surface area (Å²) in [6.45, 7) is 8.80. The van der Waals surface area contributed by atoms with Crippen LogP contribution < -0.4 is 5.32 Å². The van der Waals surface area contributed by atoms with Gasteiger partial charge >= 0.3 is 0 Å². The Morgan fingerprint density at radius 1 is 1.35 bits per heavy atom. The van der Waals surface area contributed by atoms with Crippen LogP contribution in [0.15, 0.2) is 22.8 Å². The zero-order valence-electron chi connectivity index (χ0n) is 15.3. The van der Waals surface area contributed by atoms with E-state index in [1.165, 1.54) is 6.26 Å². The Bertz CT molecular complexity index is 602.